The molecule has 0 aromatic heterocycles. The molecule has 0 fully saturated rings. The fraction of sp³-hybridized carbons (Fsp3) is 0.512. The molecule has 54 heavy (non-hydrogen) atoms. The zero-order valence-corrected chi connectivity index (χ0v) is 33.7. The highest BCUT2D eigenvalue weighted by Crippen LogP contribution is 2.27. The van der Waals surface area contributed by atoms with Gasteiger partial charge < -0.3 is 14.5 Å². The van der Waals surface area contributed by atoms with Gasteiger partial charge >= 0.3 is 18.4 Å². The third-order valence-electron chi connectivity index (χ3n) is 8.86. The molecule has 0 radical (unpaired) electrons. The van der Waals surface area contributed by atoms with E-state index < -0.39 is 6.09 Å². The van der Waals surface area contributed by atoms with E-state index in [0.29, 0.717) is 18.9 Å². The zero-order valence-electron chi connectivity index (χ0n) is 33.7. The number of carbonyl (C=O) groups excluding carboxylic acids is 6. The molecule has 0 spiro atoms. The third kappa shape index (κ3) is 20.2. The molecule has 11 nitrogen and oxygen atoms in total. The quantitative estimate of drug-likeness (QED) is 0.158. The van der Waals surface area contributed by atoms with E-state index in [1.54, 1.807) is 4.90 Å². The zero-order chi connectivity index (χ0) is 40.7. The average molecular weight is 747 g/mol. The van der Waals surface area contributed by atoms with Crippen molar-refractivity contribution in [3.05, 3.63) is 77.5 Å². The van der Waals surface area contributed by atoms with E-state index in [4.69, 9.17) is 23.9 Å². The Kier molecular flexibility index (Phi) is 27.5. The summed E-state index contributed by atoms with van der Waals surface area (Å²) < 4.78 is 5.30. The average Bonchev–Trinajstić information content (AvgIpc) is 3.37. The molecule has 2 aromatic carbocycles. The van der Waals surface area contributed by atoms with Crippen molar-refractivity contribution in [1.82, 2.24) is 0 Å². The molecule has 11 heteroatoms. The predicted octanol–water partition coefficient (Wildman–Crippen LogP) is 9.83. The monoisotopic (exact) mass is 746 g/mol. The Labute approximate surface area is 322 Å². The van der Waals surface area contributed by atoms with Crippen molar-refractivity contribution in [2.45, 2.75) is 119 Å². The number of hydrogen-bond acceptors (Lipinski definition) is 9. The van der Waals surface area contributed by atoms with Crippen molar-refractivity contribution in [2.24, 2.45) is 4.99 Å². The Morgan fingerprint density at radius 1 is 0.889 bits per heavy atom. The van der Waals surface area contributed by atoms with Crippen LogP contribution in [-0.2, 0) is 28.7 Å². The number of nitrogens with one attached hydrogen (secondary N) is 1. The highest BCUT2D eigenvalue weighted by molar-refractivity contribution is 5.94. The standard InChI is InChI=1S/C23H32N2O2.C18H30N2O.2CO2/c1-4-8-20(5-2)21-12-14-22(15-13-21)25-23(26)27-16-7-11-19-10-6-9-18(3)24-17-19;1-6-9-10-11-18(21)19(5)17-13-12-16(14-15(17)4)20(7-2)8-3;2*2-1-3/h6,9,12-15,17,20H,4-5,7-8,10-11,16H2,1-3H3,(H,25,26);12-14H,6-11H2,1-5H3;;. The minimum atomic E-state index is -0.396. The first kappa shape index (κ1) is 48.9. The van der Waals surface area contributed by atoms with Crippen LogP contribution in [0.1, 0.15) is 123 Å². The van der Waals surface area contributed by atoms with Gasteiger partial charge in [0.05, 0.1) is 6.61 Å². The minimum absolute atomic E-state index is 0.210. The lowest BCUT2D eigenvalue weighted by atomic mass is 9.92. The number of benzene rings is 2. The maximum atomic E-state index is 12.2. The molecule has 296 valence electrons. The molecule has 1 unspecified atom stereocenters. The van der Waals surface area contributed by atoms with Gasteiger partial charge in [-0.1, -0.05) is 58.2 Å². The maximum Gasteiger partial charge on any atom is 0.411 e. The maximum absolute atomic E-state index is 12.2. The topological polar surface area (TPSA) is 143 Å². The van der Waals surface area contributed by atoms with Crippen LogP contribution in [-0.4, -0.2) is 56.8 Å². The molecule has 0 saturated heterocycles. The van der Waals surface area contributed by atoms with Gasteiger partial charge in [-0.2, -0.15) is 19.2 Å². The molecule has 2 amide bonds. The predicted molar refractivity (Wildman–Crippen MR) is 216 cm³/mol. The molecule has 0 aliphatic carbocycles. The van der Waals surface area contributed by atoms with Crippen molar-refractivity contribution in [1.29, 1.82) is 0 Å². The lowest BCUT2D eigenvalue weighted by Crippen LogP contribution is -2.27. The van der Waals surface area contributed by atoms with Crippen LogP contribution in [0.5, 0.6) is 0 Å². The van der Waals surface area contributed by atoms with E-state index >= 15 is 0 Å². The molecule has 1 aliphatic heterocycles. The molecule has 3 rings (SSSR count). The first-order chi connectivity index (χ1) is 26.0. The highest BCUT2D eigenvalue weighted by atomic mass is 16.5. The molecule has 0 saturated carbocycles. The van der Waals surface area contributed by atoms with Gasteiger partial charge in [0.2, 0.25) is 5.91 Å². The Bertz CT molecular complexity index is 1520. The molecule has 1 N–H and O–H groups in total. The molecule has 1 aliphatic rings. The summed E-state index contributed by atoms with van der Waals surface area (Å²) in [7, 11) is 1.88. The number of rotatable bonds is 17. The Morgan fingerprint density at radius 3 is 2.09 bits per heavy atom. The molecule has 1 heterocycles. The van der Waals surface area contributed by atoms with Crippen LogP contribution in [0.15, 0.2) is 71.4 Å². The lowest BCUT2D eigenvalue weighted by Gasteiger charge is -2.24. The third-order valence-corrected chi connectivity index (χ3v) is 8.86. The summed E-state index contributed by atoms with van der Waals surface area (Å²) in [4.78, 5) is 65.2. The van der Waals surface area contributed by atoms with Crippen LogP contribution in [0.2, 0.25) is 0 Å². The van der Waals surface area contributed by atoms with Gasteiger partial charge in [0.1, 0.15) is 0 Å². The van der Waals surface area contributed by atoms with Gasteiger partial charge in [-0.3, -0.25) is 15.1 Å². The number of allylic oxidation sites excluding steroid dienone is 3. The second-order valence-electron chi connectivity index (χ2n) is 12.8. The first-order valence-corrected chi connectivity index (χ1v) is 19.0. The SMILES string of the molecule is CCCC(CC)c1ccc(NC(=O)OCCCC2=CN=C(C)C=CC2)cc1.CCCCCC(=O)N(C)c1ccc(N(CC)CC)cc1C.O=C=O.O=C=O. The van der Waals surface area contributed by atoms with Gasteiger partial charge in [-0.05, 0) is 125 Å². The van der Waals surface area contributed by atoms with E-state index in [1.807, 2.05) is 38.4 Å². The molecule has 2 aromatic rings. The summed E-state index contributed by atoms with van der Waals surface area (Å²) in [6, 6.07) is 14.5. The Balaban J connectivity index is 0.000000928. The normalized spacial score (nSPS) is 11.8. The number of carbonyl (C=O) groups is 2. The first-order valence-electron chi connectivity index (χ1n) is 19.0. The van der Waals surface area contributed by atoms with Crippen molar-refractivity contribution in [3.8, 4) is 0 Å². The smallest absolute Gasteiger partial charge is 0.411 e. The van der Waals surface area contributed by atoms with Crippen LogP contribution >= 0.6 is 0 Å². The largest absolute Gasteiger partial charge is 0.449 e. The van der Waals surface area contributed by atoms with Crippen molar-refractivity contribution >= 4 is 47.1 Å². The number of aryl methyl sites for hydroxylation is 1. The number of aliphatic imine (C=N–C) groups is 1. The summed E-state index contributed by atoms with van der Waals surface area (Å²) in [6.45, 7) is 17.4. The summed E-state index contributed by atoms with van der Waals surface area (Å²) in [5, 5.41) is 2.80. The van der Waals surface area contributed by atoms with Crippen LogP contribution in [0.25, 0.3) is 0 Å². The van der Waals surface area contributed by atoms with Gasteiger partial charge in [0.25, 0.3) is 0 Å². The fourth-order valence-electron chi connectivity index (χ4n) is 5.88. The number of nitrogens with zero attached hydrogens (tertiary/aromatic N) is 3. The van der Waals surface area contributed by atoms with Crippen LogP contribution < -0.4 is 15.1 Å². The van der Waals surface area contributed by atoms with E-state index in [1.165, 1.54) is 29.7 Å². The van der Waals surface area contributed by atoms with E-state index in [9.17, 15) is 9.59 Å². The fourth-order valence-corrected chi connectivity index (χ4v) is 5.88. The highest BCUT2D eigenvalue weighted by Gasteiger charge is 2.14. The molecular formula is C43H62N4O7. The Hall–Kier alpha value is -5.11. The number of ether oxygens (including phenoxy) is 1. The van der Waals surface area contributed by atoms with Crippen molar-refractivity contribution in [2.75, 3.05) is 41.9 Å². The summed E-state index contributed by atoms with van der Waals surface area (Å²) in [6.07, 6.45) is 16.2. The van der Waals surface area contributed by atoms with Gasteiger partial charge in [-0.25, -0.2) is 4.79 Å². The van der Waals surface area contributed by atoms with Crippen LogP contribution in [0, 0.1) is 6.92 Å². The van der Waals surface area contributed by atoms with Gasteiger partial charge in [0, 0.05) is 55.5 Å². The van der Waals surface area contributed by atoms with Crippen molar-refractivity contribution in [3.63, 3.8) is 0 Å². The lowest BCUT2D eigenvalue weighted by molar-refractivity contribution is -0.193. The number of hydrogen-bond donors (Lipinski definition) is 1. The molecular weight excluding hydrogens is 684 g/mol. The summed E-state index contributed by atoms with van der Waals surface area (Å²) in [5.41, 5.74) is 7.80. The van der Waals surface area contributed by atoms with Gasteiger partial charge in [-0.15, -0.1) is 0 Å². The number of amides is 2. The Morgan fingerprint density at radius 2 is 1.54 bits per heavy atom. The van der Waals surface area contributed by atoms with Crippen molar-refractivity contribution < 1.29 is 33.5 Å². The molecule has 1 atom stereocenters. The van der Waals surface area contributed by atoms with Gasteiger partial charge in [0.15, 0.2) is 0 Å². The van der Waals surface area contributed by atoms with E-state index in [0.717, 1.165) is 80.7 Å². The number of unbranched alkanes of at least 4 members (excludes halogenated alkanes) is 2. The van der Waals surface area contributed by atoms with Crippen LogP contribution in [0.3, 0.4) is 0 Å². The summed E-state index contributed by atoms with van der Waals surface area (Å²) >= 11 is 0. The summed E-state index contributed by atoms with van der Waals surface area (Å²) in [5.74, 6) is 0.805. The van der Waals surface area contributed by atoms with E-state index in [2.05, 4.69) is 93.2 Å². The number of anilines is 3. The minimum Gasteiger partial charge on any atom is -0.449 e. The van der Waals surface area contributed by atoms with Crippen LogP contribution in [0.4, 0.5) is 21.9 Å². The molecule has 0 bridgehead atoms. The second kappa shape index (κ2) is 30.4. The van der Waals surface area contributed by atoms with E-state index in [-0.39, 0.29) is 18.2 Å². The second-order valence-corrected chi connectivity index (χ2v) is 12.8.